The van der Waals surface area contributed by atoms with Crippen LogP contribution in [0.15, 0.2) is 66.8 Å². The fraction of sp³-hybridized carbons (Fsp3) is 0.133. The van der Waals surface area contributed by atoms with Crippen LogP contribution in [-0.4, -0.2) is 43.5 Å². The summed E-state index contributed by atoms with van der Waals surface area (Å²) in [5, 5.41) is 0. The summed E-state index contributed by atoms with van der Waals surface area (Å²) in [5.74, 6) is 0.432. The van der Waals surface area contributed by atoms with Gasteiger partial charge < -0.3 is 2.85 Å². The summed E-state index contributed by atoms with van der Waals surface area (Å²) in [6.07, 6.45) is 12.9. The molecule has 0 aromatic heterocycles. The Morgan fingerprint density at radius 2 is 2.00 bits per heavy atom. The van der Waals surface area contributed by atoms with Gasteiger partial charge in [0.25, 0.3) is 0 Å². The smallest absolute Gasteiger partial charge is 1.00 e. The van der Waals surface area contributed by atoms with Gasteiger partial charge in [-0.05, 0) is 18.4 Å². The van der Waals surface area contributed by atoms with Crippen LogP contribution in [0.25, 0.3) is 0 Å². The average Bonchev–Trinajstić information content (AvgIpc) is 2.38. The minimum Gasteiger partial charge on any atom is -1.00 e. The number of benzene rings is 1. The Labute approximate surface area is 135 Å². The molecule has 1 unspecified atom stereocenters. The van der Waals surface area contributed by atoms with E-state index in [1.165, 1.54) is 0 Å². The van der Waals surface area contributed by atoms with Gasteiger partial charge in [0.2, 0.25) is 0 Å². The monoisotopic (exact) mass is 252 g/mol. The molecule has 1 nitrogen and oxygen atoms in total. The maximum Gasteiger partial charge on any atom is 2.00 e. The van der Waals surface area contributed by atoms with Crippen molar-refractivity contribution >= 4 is 43.5 Å². The van der Waals surface area contributed by atoms with Crippen molar-refractivity contribution in [3.63, 3.8) is 0 Å². The first-order chi connectivity index (χ1) is 7.86. The molecule has 1 aliphatic rings. The number of rotatable bonds is 3. The van der Waals surface area contributed by atoms with E-state index in [1.807, 2.05) is 48.6 Å². The summed E-state index contributed by atoms with van der Waals surface area (Å²) in [6, 6.07) is 9.34. The van der Waals surface area contributed by atoms with E-state index in [0.29, 0.717) is 5.92 Å². The van der Waals surface area contributed by atoms with Crippen molar-refractivity contribution in [2.24, 2.45) is 5.92 Å². The zero-order chi connectivity index (χ0) is 11.2. The molecule has 0 radical (unpaired) electrons. The zero-order valence-electron chi connectivity index (χ0n) is 11.8. The Hall–Kier alpha value is -0.630. The molecule has 1 aromatic carbocycles. The number of carbonyl (C=O) groups excluding carboxylic acids is 1. The van der Waals surface area contributed by atoms with E-state index in [1.54, 1.807) is 6.08 Å². The summed E-state index contributed by atoms with van der Waals surface area (Å²) < 4.78 is 0. The molecule has 0 spiro atoms. The number of allylic oxidation sites excluding steroid dienone is 6. The molecule has 1 aromatic rings. The topological polar surface area (TPSA) is 17.1 Å². The van der Waals surface area contributed by atoms with Crippen LogP contribution in [-0.2, 0) is 0 Å². The molecule has 0 N–H and O–H groups in total. The zero-order valence-corrected chi connectivity index (χ0v) is 12.0. The van der Waals surface area contributed by atoms with Crippen LogP contribution in [0.5, 0.6) is 0 Å². The van der Waals surface area contributed by atoms with Crippen molar-refractivity contribution in [3.8, 4) is 0 Å². The maximum absolute atomic E-state index is 11.8. The molecule has 1 aliphatic carbocycles. The van der Waals surface area contributed by atoms with Crippen LogP contribution in [0.3, 0.4) is 0 Å². The second kappa shape index (κ2) is 7.65. The maximum atomic E-state index is 11.8. The van der Waals surface area contributed by atoms with Crippen molar-refractivity contribution in [1.29, 1.82) is 0 Å². The number of carbonyl (C=O) groups is 1. The molecule has 0 fully saturated rings. The second-order valence-corrected chi connectivity index (χ2v) is 3.80. The predicted octanol–water partition coefficient (Wildman–Crippen LogP) is 3.40. The molecule has 0 amide bonds. The van der Waals surface area contributed by atoms with E-state index < -0.39 is 0 Å². The summed E-state index contributed by atoms with van der Waals surface area (Å²) in [4.78, 5) is 11.8. The van der Waals surface area contributed by atoms with Crippen LogP contribution in [0, 0.1) is 5.92 Å². The summed E-state index contributed by atoms with van der Waals surface area (Å²) >= 11 is 0. The van der Waals surface area contributed by atoms with Crippen molar-refractivity contribution < 1.29 is 7.65 Å². The summed E-state index contributed by atoms with van der Waals surface area (Å²) in [6.45, 7) is 0. The second-order valence-electron chi connectivity index (χ2n) is 3.80. The molecule has 1 atom stereocenters. The minimum absolute atomic E-state index is 0. The molecule has 2 heteroatoms. The van der Waals surface area contributed by atoms with E-state index in [-0.39, 0.29) is 46.4 Å². The van der Waals surface area contributed by atoms with Gasteiger partial charge in [0, 0.05) is 5.56 Å². The first-order valence-electron chi connectivity index (χ1n) is 5.47. The Bertz CT molecular complexity index is 452. The van der Waals surface area contributed by atoms with Crippen LogP contribution in [0.2, 0.25) is 0 Å². The fourth-order valence-electron chi connectivity index (χ4n) is 1.65. The SMILES string of the molecule is O=C(C=CC1C=CC=CC1)c1ccccc1.[Ca+2].[H-].[H-]. The van der Waals surface area contributed by atoms with Gasteiger partial charge in [0.05, 0.1) is 0 Å². The molecule has 0 saturated heterocycles. The third kappa shape index (κ3) is 4.63. The van der Waals surface area contributed by atoms with Crippen molar-refractivity contribution in [2.75, 3.05) is 0 Å². The van der Waals surface area contributed by atoms with Gasteiger partial charge in [0.15, 0.2) is 5.78 Å². The van der Waals surface area contributed by atoms with Gasteiger partial charge in [-0.2, -0.15) is 0 Å². The van der Waals surface area contributed by atoms with Gasteiger partial charge in [-0.3, -0.25) is 4.79 Å². The third-order valence-electron chi connectivity index (χ3n) is 2.57. The minimum atomic E-state index is 0. The third-order valence-corrected chi connectivity index (χ3v) is 2.57. The number of hydrogen-bond donors (Lipinski definition) is 0. The van der Waals surface area contributed by atoms with Crippen LogP contribution >= 0.6 is 0 Å². The Kier molecular flexibility index (Phi) is 6.49. The van der Waals surface area contributed by atoms with Crippen LogP contribution in [0.1, 0.15) is 19.6 Å². The van der Waals surface area contributed by atoms with E-state index in [4.69, 9.17) is 0 Å². The Morgan fingerprint density at radius 1 is 1.24 bits per heavy atom. The number of ketones is 1. The van der Waals surface area contributed by atoms with Gasteiger partial charge in [-0.15, -0.1) is 0 Å². The first kappa shape index (κ1) is 14.4. The Balaban J connectivity index is 0. The van der Waals surface area contributed by atoms with Gasteiger partial charge in [-0.25, -0.2) is 0 Å². The largest absolute Gasteiger partial charge is 2.00 e. The van der Waals surface area contributed by atoms with E-state index in [9.17, 15) is 4.79 Å². The molecule has 0 aliphatic heterocycles. The number of hydrogen-bond acceptors (Lipinski definition) is 1. The standard InChI is InChI=1S/C15H14O.Ca.2H/c16-15(14-9-5-2-6-10-14)12-11-13-7-3-1-4-8-13;;;/h1-7,9-13H,8H2;;;/q;+2;2*-1. The van der Waals surface area contributed by atoms with Crippen molar-refractivity contribution in [3.05, 3.63) is 72.4 Å². The Morgan fingerprint density at radius 3 is 2.65 bits per heavy atom. The van der Waals surface area contributed by atoms with Gasteiger partial charge in [0.1, 0.15) is 0 Å². The molecule has 0 bridgehead atoms. The molecule has 0 saturated carbocycles. The van der Waals surface area contributed by atoms with Crippen molar-refractivity contribution in [1.82, 2.24) is 0 Å². The van der Waals surface area contributed by atoms with Gasteiger partial charge >= 0.3 is 37.7 Å². The summed E-state index contributed by atoms with van der Waals surface area (Å²) in [7, 11) is 0. The first-order valence-corrected chi connectivity index (χ1v) is 5.47. The van der Waals surface area contributed by atoms with Crippen LogP contribution in [0.4, 0.5) is 0 Å². The fourth-order valence-corrected chi connectivity index (χ4v) is 1.65. The molecule has 0 heterocycles. The van der Waals surface area contributed by atoms with Gasteiger partial charge in [-0.1, -0.05) is 60.7 Å². The summed E-state index contributed by atoms with van der Waals surface area (Å²) in [5.41, 5.74) is 0.745. The van der Waals surface area contributed by atoms with Crippen LogP contribution < -0.4 is 0 Å². The molecular weight excluding hydrogens is 236 g/mol. The molecule has 17 heavy (non-hydrogen) atoms. The quantitative estimate of drug-likeness (QED) is 0.458. The van der Waals surface area contributed by atoms with E-state index >= 15 is 0 Å². The average molecular weight is 252 g/mol. The molecule has 84 valence electrons. The normalized spacial score (nSPS) is 18.0. The van der Waals surface area contributed by atoms with E-state index in [2.05, 4.69) is 12.2 Å². The predicted molar refractivity (Wildman–Crippen MR) is 74.3 cm³/mol. The molecule has 2 rings (SSSR count). The van der Waals surface area contributed by atoms with Crippen molar-refractivity contribution in [2.45, 2.75) is 6.42 Å². The molecular formula is C15H16CaO. The van der Waals surface area contributed by atoms with E-state index in [0.717, 1.165) is 12.0 Å².